The van der Waals surface area contributed by atoms with Crippen LogP contribution in [0.4, 0.5) is 0 Å². The zero-order chi connectivity index (χ0) is 60.4. The van der Waals surface area contributed by atoms with Gasteiger partial charge in [-0.3, -0.25) is 62.8 Å². The van der Waals surface area contributed by atoms with Crippen LogP contribution in [0.15, 0.2) is 24.3 Å². The largest absolute Gasteiger partial charge is 3.00 e. The molecule has 2 heterocycles. The van der Waals surface area contributed by atoms with Crippen LogP contribution in [0.1, 0.15) is 98.0 Å². The van der Waals surface area contributed by atoms with Gasteiger partial charge in [-0.1, -0.05) is 46.8 Å². The van der Waals surface area contributed by atoms with Gasteiger partial charge in [-0.25, -0.2) is 4.79 Å². The summed E-state index contributed by atoms with van der Waals surface area (Å²) >= 11 is 0. The molecule has 14 N–H and O–H groups in total. The fraction of sp³-hybridized carbons (Fsp3) is 0.704. The summed E-state index contributed by atoms with van der Waals surface area (Å²) in [4.78, 5) is 141. The van der Waals surface area contributed by atoms with Gasteiger partial charge in [0.2, 0.25) is 35.4 Å². The first-order valence-corrected chi connectivity index (χ1v) is 28.0. The Hall–Kier alpha value is -5.88. The second kappa shape index (κ2) is 36.6. The van der Waals surface area contributed by atoms with E-state index in [0.29, 0.717) is 37.7 Å². The molecule has 0 bridgehead atoms. The Labute approximate surface area is 493 Å². The molecule has 1 aromatic rings. The number of carboxylic acid groups (broad SMARTS) is 4. The SMILES string of the molecule is CC(C)C[C@H](NC(=O)[C@@H](NC(=O)[C@H](Cc1ccc(O)cc1)NC(=O)[C@@H]1CCCN1C(=O)[C@H](CCCCN)NC(=O)[C@H](CCCCN)NC(=O)CN1CCN(CC(=O)O)CCN(CC(=O)O)CCN(CC(=O)O)CC1)C(C)(C)C)C(=O)O.[68Ga+3]. The van der Waals surface area contributed by atoms with Crippen LogP contribution in [0.5, 0.6) is 5.75 Å². The topological polar surface area (TPSA) is 400 Å². The van der Waals surface area contributed by atoms with E-state index in [-0.39, 0.29) is 162 Å². The summed E-state index contributed by atoms with van der Waals surface area (Å²) in [6, 6.07) is -1.40. The minimum absolute atomic E-state index is 0. The van der Waals surface area contributed by atoms with Crippen molar-refractivity contribution in [1.29, 1.82) is 0 Å². The number of amides is 6. The quantitative estimate of drug-likeness (QED) is 0.0279. The summed E-state index contributed by atoms with van der Waals surface area (Å²) in [5.41, 5.74) is 11.2. The van der Waals surface area contributed by atoms with Crippen LogP contribution in [0.3, 0.4) is 0 Å². The van der Waals surface area contributed by atoms with Gasteiger partial charge in [0.1, 0.15) is 42.0 Å². The summed E-state index contributed by atoms with van der Waals surface area (Å²) in [6.45, 7) is 9.35. The molecule has 6 amide bonds. The van der Waals surface area contributed by atoms with E-state index in [1.54, 1.807) is 52.5 Å². The van der Waals surface area contributed by atoms with Crippen molar-refractivity contribution in [3.05, 3.63) is 29.8 Å². The molecule has 6 atom stereocenters. The Morgan fingerprint density at radius 3 is 1.46 bits per heavy atom. The van der Waals surface area contributed by atoms with Crippen LogP contribution < -0.4 is 38.1 Å². The molecule has 456 valence electrons. The second-order valence-electron chi connectivity index (χ2n) is 22.5. The maximum Gasteiger partial charge on any atom is 3.00 e. The van der Waals surface area contributed by atoms with E-state index in [1.807, 2.05) is 13.8 Å². The molecule has 3 rings (SSSR count). The summed E-state index contributed by atoms with van der Waals surface area (Å²) in [7, 11) is 0. The first-order chi connectivity index (χ1) is 38.2. The molecule has 2 fully saturated rings. The molecule has 0 spiro atoms. The van der Waals surface area contributed by atoms with Crippen LogP contribution in [0.25, 0.3) is 0 Å². The summed E-state index contributed by atoms with van der Waals surface area (Å²) in [5, 5.41) is 62.5. The molecule has 1 aromatic carbocycles. The van der Waals surface area contributed by atoms with Crippen LogP contribution in [0.2, 0.25) is 0 Å². The van der Waals surface area contributed by atoms with Gasteiger partial charge in [-0.2, -0.15) is 0 Å². The number of hydrogen-bond acceptors (Lipinski definition) is 17. The molecule has 2 aliphatic rings. The number of nitrogens with one attached hydrogen (secondary N) is 5. The number of aliphatic carboxylic acids is 4. The number of aromatic hydroxyl groups is 1. The number of nitrogens with zero attached hydrogens (tertiary/aromatic N) is 5. The molecular weight excluding hydrogens is 1120 g/mol. The number of carboxylic acids is 4. The van der Waals surface area contributed by atoms with Crippen molar-refractivity contribution in [2.24, 2.45) is 22.8 Å². The molecule has 0 unspecified atom stereocenters. The van der Waals surface area contributed by atoms with E-state index in [9.17, 15) is 73.5 Å². The van der Waals surface area contributed by atoms with E-state index in [4.69, 9.17) is 11.5 Å². The van der Waals surface area contributed by atoms with Crippen molar-refractivity contribution in [1.82, 2.24) is 51.1 Å². The van der Waals surface area contributed by atoms with Crippen LogP contribution >= 0.6 is 0 Å². The molecule has 2 saturated heterocycles. The molecule has 0 radical (unpaired) electrons. The smallest absolute Gasteiger partial charge is 0.508 e. The number of nitrogens with two attached hydrogens (primary N) is 2. The minimum atomic E-state index is -1.34. The third-order valence-corrected chi connectivity index (χ3v) is 14.1. The number of carbonyl (C=O) groups is 10. The van der Waals surface area contributed by atoms with Gasteiger partial charge in [0.05, 0.1) is 26.2 Å². The van der Waals surface area contributed by atoms with E-state index in [0.717, 1.165) is 0 Å². The van der Waals surface area contributed by atoms with Gasteiger partial charge in [-0.05, 0) is 99.9 Å². The van der Waals surface area contributed by atoms with Crippen molar-refractivity contribution in [3.8, 4) is 5.75 Å². The second-order valence-corrected chi connectivity index (χ2v) is 22.5. The van der Waals surface area contributed by atoms with E-state index >= 15 is 0 Å². The van der Waals surface area contributed by atoms with Gasteiger partial charge in [0, 0.05) is 65.3 Å². The van der Waals surface area contributed by atoms with E-state index in [1.165, 1.54) is 17.0 Å². The first-order valence-electron chi connectivity index (χ1n) is 28.0. The standard InChI is InChI=1S/C54H90N12O15.Ga/c1-35(2)29-41(53(80)81)60-51(78)47(54(3,4)5)61-49(76)40(30-36-14-16-37(67)17-15-36)59-50(77)42-13-10-20-66(42)52(79)39(12-7-9-19-56)58-48(75)38(11-6-8-18-55)57-43(68)31-62-21-23-63(32-44(69)70)25-27-65(34-46(73)74)28-26-64(24-22-62)33-45(71)72;/h14-17,35,38-42,47,67H,6-13,18-34,55-56H2,1-5H3,(H,57,68)(H,58,75)(H,59,77)(H,60,78)(H,61,76)(H,69,70)(H,71,72)(H,73,74)(H,80,81);/q;+3/t38-,39-,40-,41-,42-,47+;/m0./s1/i;1-2. The van der Waals surface area contributed by atoms with E-state index < -0.39 is 101 Å². The maximum atomic E-state index is 14.7. The molecule has 0 aliphatic carbocycles. The van der Waals surface area contributed by atoms with Crippen LogP contribution in [0, 0.1) is 11.3 Å². The van der Waals surface area contributed by atoms with Gasteiger partial charge in [0.25, 0.3) is 0 Å². The zero-order valence-electron chi connectivity index (χ0n) is 48.3. The number of phenols is 1. The number of rotatable bonds is 31. The molecule has 2 aliphatic heterocycles. The van der Waals surface area contributed by atoms with Crippen molar-refractivity contribution < 1.29 is 73.5 Å². The Morgan fingerprint density at radius 1 is 0.573 bits per heavy atom. The molecule has 27 nitrogen and oxygen atoms in total. The third-order valence-electron chi connectivity index (χ3n) is 14.1. The average Bonchev–Trinajstić information content (AvgIpc) is 3.88. The molecule has 82 heavy (non-hydrogen) atoms. The molecular formula is C54H90GaN12O15+3. The maximum absolute atomic E-state index is 14.7. The van der Waals surface area contributed by atoms with Crippen molar-refractivity contribution >= 4 is 79.1 Å². The van der Waals surface area contributed by atoms with Crippen molar-refractivity contribution in [2.45, 2.75) is 135 Å². The Morgan fingerprint density at radius 2 is 1.02 bits per heavy atom. The van der Waals surface area contributed by atoms with Gasteiger partial charge in [-0.15, -0.1) is 0 Å². The minimum Gasteiger partial charge on any atom is -0.508 e. The van der Waals surface area contributed by atoms with Gasteiger partial charge in [0.15, 0.2) is 0 Å². The van der Waals surface area contributed by atoms with Crippen LogP contribution in [-0.4, -0.2) is 264 Å². The molecule has 28 heteroatoms. The predicted molar refractivity (Wildman–Crippen MR) is 303 cm³/mol. The van der Waals surface area contributed by atoms with Crippen molar-refractivity contribution in [3.63, 3.8) is 0 Å². The van der Waals surface area contributed by atoms with Crippen LogP contribution in [-0.2, 0) is 54.4 Å². The Kier molecular flexibility index (Phi) is 32.3. The number of likely N-dealkylation sites (tertiary alicyclic amines) is 1. The fourth-order valence-electron chi connectivity index (χ4n) is 9.73. The Balaban J connectivity index is 0.0000230. The number of hydrogen-bond donors (Lipinski definition) is 12. The van der Waals surface area contributed by atoms with Crippen molar-refractivity contribution in [2.75, 3.05) is 98.2 Å². The molecule has 0 aromatic heterocycles. The van der Waals surface area contributed by atoms with Gasteiger partial charge < -0.3 is 68.5 Å². The number of carbonyl (C=O) groups excluding carboxylic acids is 6. The normalized spacial score (nSPS) is 18.0. The number of phenolic OH excluding ortho intramolecular Hbond substituents is 1. The Bertz CT molecular complexity index is 2230. The fourth-order valence-corrected chi connectivity index (χ4v) is 9.73. The summed E-state index contributed by atoms with van der Waals surface area (Å²) in [5.74, 6) is -8.77. The molecule has 0 saturated carbocycles. The number of benzene rings is 1. The number of unbranched alkanes of at least 4 members (excludes halogenated alkanes) is 2. The predicted octanol–water partition coefficient (Wildman–Crippen LogP) is -2.12. The average molecular weight is 1220 g/mol. The third kappa shape index (κ3) is 26.6. The summed E-state index contributed by atoms with van der Waals surface area (Å²) in [6.07, 6.45) is 2.61. The van der Waals surface area contributed by atoms with E-state index in [2.05, 4.69) is 26.6 Å². The summed E-state index contributed by atoms with van der Waals surface area (Å²) < 4.78 is 0. The monoisotopic (exact) mass is 1210 g/mol. The zero-order valence-corrected chi connectivity index (χ0v) is 50.7. The van der Waals surface area contributed by atoms with Gasteiger partial charge >= 0.3 is 43.7 Å². The first kappa shape index (κ1) is 72.2.